The van der Waals surface area contributed by atoms with E-state index >= 15 is 0 Å². The van der Waals surface area contributed by atoms with Gasteiger partial charge in [0.1, 0.15) is 5.69 Å². The molecule has 9 aromatic carbocycles. The molecule has 2 aromatic heterocycles. The first-order valence-corrected chi connectivity index (χ1v) is 21.5. The Morgan fingerprint density at radius 2 is 0.742 bits per heavy atom. The highest BCUT2D eigenvalue weighted by Crippen LogP contribution is 2.64. The minimum absolute atomic E-state index is 0.380. The summed E-state index contributed by atoms with van der Waals surface area (Å²) in [5, 5.41) is 7.94. The molecule has 0 aliphatic heterocycles. The van der Waals surface area contributed by atoms with Gasteiger partial charge in [-0.05, 0) is 72.1 Å². The molecule has 2 heterocycles. The van der Waals surface area contributed by atoms with Gasteiger partial charge in [-0.3, -0.25) is 0 Å². The molecule has 13 rings (SSSR count). The van der Waals surface area contributed by atoms with Crippen molar-refractivity contribution in [1.82, 2.24) is 9.61 Å². The summed E-state index contributed by atoms with van der Waals surface area (Å²) in [6, 6.07) is 84.4. The average Bonchev–Trinajstić information content (AvgIpc) is 4.00. The Hall–Kier alpha value is -8.07. The maximum Gasteiger partial charge on any atom is 0.101 e. The molecule has 0 amide bonds. The van der Waals surface area contributed by atoms with Gasteiger partial charge in [0.2, 0.25) is 0 Å². The zero-order chi connectivity index (χ0) is 40.8. The highest BCUT2D eigenvalue weighted by molar-refractivity contribution is 6.15. The fourth-order valence-electron chi connectivity index (χ4n) is 11.0. The molecule has 0 radical (unpaired) electrons. The Morgan fingerprint density at radius 3 is 1.39 bits per heavy atom. The molecule has 0 atom stereocenters. The van der Waals surface area contributed by atoms with E-state index in [4.69, 9.17) is 5.10 Å². The first-order chi connectivity index (χ1) is 30.8. The second-order valence-electron chi connectivity index (χ2n) is 16.5. The van der Waals surface area contributed by atoms with Crippen molar-refractivity contribution in [2.75, 3.05) is 0 Å². The molecule has 0 bridgehead atoms. The van der Waals surface area contributed by atoms with E-state index in [1.165, 1.54) is 66.4 Å². The molecule has 0 N–H and O–H groups in total. The number of nitrogens with zero attached hydrogens (tertiary/aromatic N) is 2. The molecule has 1 spiro atoms. The lowest BCUT2D eigenvalue weighted by molar-refractivity contribution is 0.794. The third-order valence-electron chi connectivity index (χ3n) is 13.4. The third kappa shape index (κ3) is 4.78. The van der Waals surface area contributed by atoms with Crippen LogP contribution in [0.2, 0.25) is 0 Å². The van der Waals surface area contributed by atoms with Crippen molar-refractivity contribution in [2.24, 2.45) is 0 Å². The summed E-state index contributed by atoms with van der Waals surface area (Å²) in [7, 11) is 0. The number of rotatable bonds is 5. The lowest BCUT2D eigenvalue weighted by atomic mass is 9.70. The van der Waals surface area contributed by atoms with Crippen LogP contribution in [0.3, 0.4) is 0 Å². The zero-order valence-electron chi connectivity index (χ0n) is 33.8. The summed E-state index contributed by atoms with van der Waals surface area (Å²) in [6.45, 7) is 0. The maximum atomic E-state index is 5.58. The number of pyridine rings is 1. The van der Waals surface area contributed by atoms with Gasteiger partial charge in [0.25, 0.3) is 0 Å². The second-order valence-corrected chi connectivity index (χ2v) is 16.5. The smallest absolute Gasteiger partial charge is 0.101 e. The van der Waals surface area contributed by atoms with Crippen LogP contribution in [-0.2, 0) is 5.41 Å². The fraction of sp³-hybridized carbons (Fsp3) is 0.0167. The van der Waals surface area contributed by atoms with Crippen LogP contribution >= 0.6 is 0 Å². The number of fused-ring (bicyclic) bond motifs is 13. The van der Waals surface area contributed by atoms with Crippen LogP contribution < -0.4 is 0 Å². The number of hydrogen-bond donors (Lipinski definition) is 0. The van der Waals surface area contributed by atoms with E-state index in [0.29, 0.717) is 0 Å². The largest absolute Gasteiger partial charge is 0.231 e. The Kier molecular flexibility index (Phi) is 7.55. The Labute approximate surface area is 360 Å². The van der Waals surface area contributed by atoms with E-state index in [0.717, 1.165) is 50.3 Å². The molecule has 288 valence electrons. The molecule has 2 aliphatic rings. The molecule has 62 heavy (non-hydrogen) atoms. The topological polar surface area (TPSA) is 17.3 Å². The minimum atomic E-state index is -0.380. The molecule has 0 unspecified atom stereocenters. The summed E-state index contributed by atoms with van der Waals surface area (Å²) in [5.41, 5.74) is 22.7. The predicted molar refractivity (Wildman–Crippen MR) is 256 cm³/mol. The van der Waals surface area contributed by atoms with Crippen molar-refractivity contribution in [1.29, 1.82) is 0 Å². The zero-order valence-corrected chi connectivity index (χ0v) is 33.8. The lowest BCUT2D eigenvalue weighted by Crippen LogP contribution is -2.25. The van der Waals surface area contributed by atoms with Crippen LogP contribution in [0.25, 0.3) is 94.4 Å². The molecule has 0 fully saturated rings. The van der Waals surface area contributed by atoms with Crippen LogP contribution in [0.5, 0.6) is 0 Å². The van der Waals surface area contributed by atoms with Crippen LogP contribution in [-0.4, -0.2) is 9.61 Å². The van der Waals surface area contributed by atoms with Crippen LogP contribution in [0.1, 0.15) is 22.3 Å². The molecule has 0 saturated heterocycles. The van der Waals surface area contributed by atoms with Gasteiger partial charge < -0.3 is 0 Å². The molecule has 0 saturated carbocycles. The van der Waals surface area contributed by atoms with E-state index in [9.17, 15) is 0 Å². The van der Waals surface area contributed by atoms with Gasteiger partial charge >= 0.3 is 0 Å². The fourth-order valence-corrected chi connectivity index (χ4v) is 11.0. The van der Waals surface area contributed by atoms with E-state index in [2.05, 4.69) is 235 Å². The second kappa shape index (κ2) is 13.5. The van der Waals surface area contributed by atoms with Gasteiger partial charge in [-0.25, -0.2) is 4.52 Å². The van der Waals surface area contributed by atoms with Crippen LogP contribution in [0.15, 0.2) is 231 Å². The van der Waals surface area contributed by atoms with Gasteiger partial charge in [-0.15, -0.1) is 0 Å². The van der Waals surface area contributed by atoms with Gasteiger partial charge in [0.15, 0.2) is 0 Å². The summed E-state index contributed by atoms with van der Waals surface area (Å²) in [4.78, 5) is 0. The highest BCUT2D eigenvalue weighted by Gasteiger charge is 2.52. The Morgan fingerprint density at radius 1 is 0.290 bits per heavy atom. The third-order valence-corrected chi connectivity index (χ3v) is 13.4. The Bertz CT molecular complexity index is 3500. The van der Waals surface area contributed by atoms with Crippen LogP contribution in [0.4, 0.5) is 0 Å². The lowest BCUT2D eigenvalue weighted by Gasteiger charge is -2.30. The molecular weight excluding hydrogens is 749 g/mol. The van der Waals surface area contributed by atoms with Crippen molar-refractivity contribution in [3.8, 4) is 78.1 Å². The van der Waals surface area contributed by atoms with E-state index in [1.54, 1.807) is 0 Å². The standard InChI is InChI=1S/C60H38N2/c1-4-19-40(20-5-1)55-57(42-21-6-2-7-22-42)61-62-58(43-23-8-3-9-24-43)54(47-27-10-11-28-48(47)59(55)62)41-37-35-39(36-38-41)44-30-18-34-53-56(44)49-29-14-17-33-52(49)60(53)50-31-15-12-25-45(50)46-26-13-16-32-51(46)60/h1-38H. The minimum Gasteiger partial charge on any atom is -0.231 e. The van der Waals surface area contributed by atoms with Crippen molar-refractivity contribution in [3.63, 3.8) is 0 Å². The van der Waals surface area contributed by atoms with Crippen LogP contribution in [0, 0.1) is 0 Å². The summed E-state index contributed by atoms with van der Waals surface area (Å²) in [5.74, 6) is 0. The highest BCUT2D eigenvalue weighted by atomic mass is 15.2. The van der Waals surface area contributed by atoms with E-state index in [1.807, 2.05) is 0 Å². The van der Waals surface area contributed by atoms with Gasteiger partial charge in [0.05, 0.1) is 16.6 Å². The predicted octanol–water partition coefficient (Wildman–Crippen LogP) is 15.2. The monoisotopic (exact) mass is 786 g/mol. The van der Waals surface area contributed by atoms with Crippen molar-refractivity contribution in [3.05, 3.63) is 253 Å². The normalized spacial score (nSPS) is 13.0. The molecule has 2 aliphatic carbocycles. The number of benzene rings is 9. The SMILES string of the molecule is c1ccc(-c2nn3c(-c4ccccc4)c(-c4ccc(-c5cccc6c5-c5ccccc5C65c6ccccc6-c6ccccc65)cc4)c4ccccc4c3c2-c2ccccc2)cc1. The van der Waals surface area contributed by atoms with Crippen molar-refractivity contribution < 1.29 is 0 Å². The molecular formula is C60H38N2. The molecule has 2 heteroatoms. The van der Waals surface area contributed by atoms with Gasteiger partial charge in [-0.1, -0.05) is 231 Å². The van der Waals surface area contributed by atoms with Crippen molar-refractivity contribution in [2.45, 2.75) is 5.41 Å². The summed E-state index contributed by atoms with van der Waals surface area (Å²) < 4.78 is 2.23. The van der Waals surface area contributed by atoms with Crippen molar-refractivity contribution >= 4 is 16.3 Å². The first kappa shape index (κ1) is 34.8. The maximum absolute atomic E-state index is 5.58. The molecule has 2 nitrogen and oxygen atoms in total. The van der Waals surface area contributed by atoms with E-state index in [-0.39, 0.29) is 5.41 Å². The van der Waals surface area contributed by atoms with E-state index < -0.39 is 0 Å². The number of hydrogen-bond acceptors (Lipinski definition) is 1. The van der Waals surface area contributed by atoms with Gasteiger partial charge in [0, 0.05) is 27.6 Å². The quantitative estimate of drug-likeness (QED) is 0.170. The Balaban J connectivity index is 1.05. The molecule has 11 aromatic rings. The summed E-state index contributed by atoms with van der Waals surface area (Å²) >= 11 is 0. The average molecular weight is 787 g/mol. The van der Waals surface area contributed by atoms with Gasteiger partial charge in [-0.2, -0.15) is 5.10 Å². The number of aromatic nitrogens is 2. The first-order valence-electron chi connectivity index (χ1n) is 21.5. The summed E-state index contributed by atoms with van der Waals surface area (Å²) in [6.07, 6.45) is 0.